The summed E-state index contributed by atoms with van der Waals surface area (Å²) < 4.78 is 0. The van der Waals surface area contributed by atoms with Gasteiger partial charge in [0.1, 0.15) is 0 Å². The molecule has 0 radical (unpaired) electrons. The molecule has 2 aromatic rings. The van der Waals surface area contributed by atoms with E-state index in [0.717, 1.165) is 47.2 Å². The molecule has 0 unspecified atom stereocenters. The highest BCUT2D eigenvalue weighted by molar-refractivity contribution is 6.10. The predicted molar refractivity (Wildman–Crippen MR) is 133 cm³/mol. The lowest BCUT2D eigenvalue weighted by Crippen LogP contribution is -2.22. The molecule has 0 atom stereocenters. The van der Waals surface area contributed by atoms with Crippen LogP contribution in [0.2, 0.25) is 0 Å². The van der Waals surface area contributed by atoms with E-state index in [9.17, 15) is 0 Å². The van der Waals surface area contributed by atoms with Gasteiger partial charge in [-0.2, -0.15) is 0 Å². The Morgan fingerprint density at radius 1 is 1.00 bits per heavy atom. The molecule has 2 N–H and O–H groups in total. The lowest BCUT2D eigenvalue weighted by molar-refractivity contribution is 0.931. The number of hydrogen-bond acceptors (Lipinski definition) is 3. The Balaban J connectivity index is 2.02. The molecule has 3 rings (SSSR count). The van der Waals surface area contributed by atoms with Crippen LogP contribution in [0.25, 0.3) is 0 Å². The van der Waals surface area contributed by atoms with E-state index in [-0.39, 0.29) is 0 Å². The number of rotatable bonds is 7. The SMILES string of the molecule is CN=C(N=C(C)/C=C(\C=C(/C)N)N(Cc1ccccc1)c1ccccc1)C1=CC=CC1. The van der Waals surface area contributed by atoms with Gasteiger partial charge in [-0.3, -0.25) is 4.99 Å². The van der Waals surface area contributed by atoms with Gasteiger partial charge >= 0.3 is 0 Å². The lowest BCUT2D eigenvalue weighted by atomic mass is 10.1. The molecule has 0 spiro atoms. The minimum Gasteiger partial charge on any atom is -0.402 e. The van der Waals surface area contributed by atoms with Crippen LogP contribution in [0.15, 0.2) is 118 Å². The zero-order valence-corrected chi connectivity index (χ0v) is 18.5. The molecule has 31 heavy (non-hydrogen) atoms. The van der Waals surface area contributed by atoms with Crippen LogP contribution in [0.5, 0.6) is 0 Å². The number of anilines is 1. The monoisotopic (exact) mass is 410 g/mol. The van der Waals surface area contributed by atoms with Crippen molar-refractivity contribution >= 4 is 17.2 Å². The van der Waals surface area contributed by atoms with Crippen molar-refractivity contribution in [1.82, 2.24) is 0 Å². The first kappa shape index (κ1) is 22.0. The Morgan fingerprint density at radius 2 is 1.68 bits per heavy atom. The molecule has 0 saturated carbocycles. The lowest BCUT2D eigenvalue weighted by Gasteiger charge is -2.27. The summed E-state index contributed by atoms with van der Waals surface area (Å²) >= 11 is 0. The van der Waals surface area contributed by atoms with Gasteiger partial charge < -0.3 is 10.6 Å². The molecule has 0 heterocycles. The van der Waals surface area contributed by atoms with Crippen molar-refractivity contribution in [3.05, 3.63) is 114 Å². The van der Waals surface area contributed by atoms with E-state index in [1.807, 2.05) is 50.3 Å². The Labute approximate surface area is 185 Å². The molecule has 0 aromatic heterocycles. The van der Waals surface area contributed by atoms with Crippen LogP contribution in [0, 0.1) is 0 Å². The number of para-hydroxylation sites is 1. The number of nitrogens with two attached hydrogens (primary N) is 1. The number of nitrogens with zero attached hydrogens (tertiary/aromatic N) is 3. The number of amidine groups is 1. The molecule has 0 aliphatic heterocycles. The van der Waals surface area contributed by atoms with E-state index >= 15 is 0 Å². The van der Waals surface area contributed by atoms with E-state index in [2.05, 4.69) is 64.5 Å². The van der Waals surface area contributed by atoms with E-state index < -0.39 is 0 Å². The van der Waals surface area contributed by atoms with Crippen LogP contribution >= 0.6 is 0 Å². The number of aliphatic imine (C=N–C) groups is 2. The normalized spacial score (nSPS) is 15.3. The highest BCUT2D eigenvalue weighted by Gasteiger charge is 2.13. The molecule has 0 fully saturated rings. The van der Waals surface area contributed by atoms with E-state index in [0.29, 0.717) is 0 Å². The Bertz CT molecular complexity index is 1050. The van der Waals surface area contributed by atoms with Crippen molar-refractivity contribution in [2.45, 2.75) is 26.8 Å². The summed E-state index contributed by atoms with van der Waals surface area (Å²) in [4.78, 5) is 11.4. The highest BCUT2D eigenvalue weighted by Crippen LogP contribution is 2.23. The van der Waals surface area contributed by atoms with Crippen molar-refractivity contribution in [3.63, 3.8) is 0 Å². The van der Waals surface area contributed by atoms with Crippen molar-refractivity contribution in [3.8, 4) is 0 Å². The van der Waals surface area contributed by atoms with Gasteiger partial charge in [-0.25, -0.2) is 4.99 Å². The maximum Gasteiger partial charge on any atom is 0.150 e. The van der Waals surface area contributed by atoms with Crippen molar-refractivity contribution < 1.29 is 0 Å². The molecule has 158 valence electrons. The molecule has 0 bridgehead atoms. The molecule has 2 aromatic carbocycles. The van der Waals surface area contributed by atoms with Gasteiger partial charge in [0.2, 0.25) is 0 Å². The van der Waals surface area contributed by atoms with Gasteiger partial charge in [0.05, 0.1) is 0 Å². The maximum atomic E-state index is 6.12. The Hall–Kier alpha value is -3.66. The summed E-state index contributed by atoms with van der Waals surface area (Å²) in [7, 11) is 1.78. The van der Waals surface area contributed by atoms with Crippen molar-refractivity contribution in [2.75, 3.05) is 11.9 Å². The Morgan fingerprint density at radius 3 is 2.26 bits per heavy atom. The maximum absolute atomic E-state index is 6.12. The summed E-state index contributed by atoms with van der Waals surface area (Å²) in [6.45, 7) is 4.62. The standard InChI is InChI=1S/C27H30N4/c1-21(28)18-26(19-22(2)30-27(29-3)24-14-10-11-15-24)31(25-16-8-5-9-17-25)20-23-12-6-4-7-13-23/h4-14,16-19H,15,20,28H2,1-3H3/b21-18+,26-19+,29-27?,30-22?. The Kier molecular flexibility index (Phi) is 7.77. The summed E-state index contributed by atoms with van der Waals surface area (Å²) in [6.07, 6.45) is 11.2. The molecule has 4 nitrogen and oxygen atoms in total. The van der Waals surface area contributed by atoms with E-state index in [1.54, 1.807) is 7.05 Å². The van der Waals surface area contributed by atoms with Crippen LogP contribution < -0.4 is 10.6 Å². The fourth-order valence-electron chi connectivity index (χ4n) is 3.43. The number of hydrogen-bond donors (Lipinski definition) is 1. The fourth-order valence-corrected chi connectivity index (χ4v) is 3.43. The predicted octanol–water partition coefficient (Wildman–Crippen LogP) is 5.82. The minimum atomic E-state index is 0.720. The second-order valence-electron chi connectivity index (χ2n) is 7.49. The first-order chi connectivity index (χ1) is 15.1. The van der Waals surface area contributed by atoms with Crippen molar-refractivity contribution in [2.24, 2.45) is 15.7 Å². The number of benzene rings is 2. The fraction of sp³-hybridized carbons (Fsp3) is 0.185. The third-order valence-corrected chi connectivity index (χ3v) is 4.85. The molecule has 0 amide bonds. The minimum absolute atomic E-state index is 0.720. The average Bonchev–Trinajstić information content (AvgIpc) is 3.31. The molecular weight excluding hydrogens is 380 g/mol. The second-order valence-corrected chi connectivity index (χ2v) is 7.49. The van der Waals surface area contributed by atoms with Crippen LogP contribution in [-0.4, -0.2) is 18.6 Å². The van der Waals surface area contributed by atoms with Gasteiger partial charge in [0, 0.05) is 42.0 Å². The topological polar surface area (TPSA) is 54.0 Å². The summed E-state index contributed by atoms with van der Waals surface area (Å²) in [6, 6.07) is 20.8. The average molecular weight is 411 g/mol. The van der Waals surface area contributed by atoms with Gasteiger partial charge in [0.25, 0.3) is 0 Å². The summed E-state index contributed by atoms with van der Waals surface area (Å²) in [5.41, 5.74) is 12.1. The van der Waals surface area contributed by atoms with Crippen LogP contribution in [0.3, 0.4) is 0 Å². The second kappa shape index (κ2) is 10.9. The molecule has 0 saturated heterocycles. The quantitative estimate of drug-likeness (QED) is 0.355. The first-order valence-corrected chi connectivity index (χ1v) is 10.5. The smallest absolute Gasteiger partial charge is 0.150 e. The largest absolute Gasteiger partial charge is 0.402 e. The highest BCUT2D eigenvalue weighted by atomic mass is 15.1. The van der Waals surface area contributed by atoms with Crippen LogP contribution in [-0.2, 0) is 6.54 Å². The van der Waals surface area contributed by atoms with E-state index in [1.165, 1.54) is 5.56 Å². The van der Waals surface area contributed by atoms with Crippen LogP contribution in [0.4, 0.5) is 5.69 Å². The van der Waals surface area contributed by atoms with Gasteiger partial charge in [-0.15, -0.1) is 0 Å². The molecule has 1 aliphatic carbocycles. The molecule has 1 aliphatic rings. The molecule has 4 heteroatoms. The van der Waals surface area contributed by atoms with E-state index in [4.69, 9.17) is 10.7 Å². The van der Waals surface area contributed by atoms with Gasteiger partial charge in [-0.05, 0) is 50.1 Å². The molecular formula is C27H30N4. The van der Waals surface area contributed by atoms with Gasteiger partial charge in [-0.1, -0.05) is 66.8 Å². The summed E-state index contributed by atoms with van der Waals surface area (Å²) in [5, 5.41) is 0. The first-order valence-electron chi connectivity index (χ1n) is 10.5. The third kappa shape index (κ3) is 6.41. The zero-order chi connectivity index (χ0) is 22.1. The number of allylic oxidation sites excluding steroid dienone is 6. The summed E-state index contributed by atoms with van der Waals surface area (Å²) in [5.74, 6) is 0.765. The van der Waals surface area contributed by atoms with Crippen molar-refractivity contribution in [1.29, 1.82) is 0 Å². The third-order valence-electron chi connectivity index (χ3n) is 4.85. The van der Waals surface area contributed by atoms with Gasteiger partial charge in [0.15, 0.2) is 5.84 Å². The van der Waals surface area contributed by atoms with Crippen LogP contribution in [0.1, 0.15) is 25.8 Å². The zero-order valence-electron chi connectivity index (χ0n) is 18.5.